The zero-order valence-corrected chi connectivity index (χ0v) is 14.2. The molecule has 0 unspecified atom stereocenters. The van der Waals surface area contributed by atoms with Gasteiger partial charge in [0.25, 0.3) is 0 Å². The van der Waals surface area contributed by atoms with E-state index in [1.165, 1.54) is 38.8 Å². The number of likely N-dealkylation sites (tertiary alicyclic amines) is 1. The molecule has 1 saturated heterocycles. The molecule has 3 nitrogen and oxygen atoms in total. The lowest BCUT2D eigenvalue weighted by Gasteiger charge is -2.25. The summed E-state index contributed by atoms with van der Waals surface area (Å²) in [4.78, 5) is 2.56. The summed E-state index contributed by atoms with van der Waals surface area (Å²) >= 11 is 0. The second-order valence-electron chi connectivity index (χ2n) is 7.12. The van der Waals surface area contributed by atoms with Gasteiger partial charge in [-0.1, -0.05) is 30.7 Å². The lowest BCUT2D eigenvalue weighted by Crippen LogP contribution is -2.31. The van der Waals surface area contributed by atoms with Gasteiger partial charge < -0.3 is 14.7 Å². The van der Waals surface area contributed by atoms with Crippen molar-refractivity contribution in [2.24, 2.45) is 11.8 Å². The normalized spacial score (nSPS) is 26.3. The van der Waals surface area contributed by atoms with Gasteiger partial charge in [-0.15, -0.1) is 0 Å². The predicted molar refractivity (Wildman–Crippen MR) is 94.5 cm³/mol. The van der Waals surface area contributed by atoms with Crippen molar-refractivity contribution in [3.63, 3.8) is 0 Å². The molecule has 1 aromatic rings. The van der Waals surface area contributed by atoms with Gasteiger partial charge in [0.2, 0.25) is 0 Å². The minimum atomic E-state index is -0.363. The molecule has 3 atom stereocenters. The standard InChI is InChI=1S/C20H29NO2/c1-23-20-8-5-16(6-9-20)4-7-19(22)11-13-21-12-10-17-2-3-18(14-17)15-21/h4-9,17-19,22H,2-3,10-15H2,1H3/b7-4-/t17-,18-,19-/m0/s1. The van der Waals surface area contributed by atoms with Gasteiger partial charge in [-0.2, -0.15) is 0 Å². The number of fused-ring (bicyclic) bond motifs is 2. The zero-order valence-electron chi connectivity index (χ0n) is 14.2. The van der Waals surface area contributed by atoms with E-state index in [1.54, 1.807) is 7.11 Å². The first-order valence-electron chi connectivity index (χ1n) is 8.95. The average molecular weight is 315 g/mol. The molecule has 1 saturated carbocycles. The Morgan fingerprint density at radius 2 is 2.00 bits per heavy atom. The van der Waals surface area contributed by atoms with Crippen molar-refractivity contribution in [3.05, 3.63) is 35.9 Å². The van der Waals surface area contributed by atoms with Crippen molar-refractivity contribution in [2.75, 3.05) is 26.7 Å². The summed E-state index contributed by atoms with van der Waals surface area (Å²) < 4.78 is 5.15. The van der Waals surface area contributed by atoms with E-state index in [4.69, 9.17) is 4.74 Å². The molecule has 3 rings (SSSR count). The quantitative estimate of drug-likeness (QED) is 0.871. The summed E-state index contributed by atoms with van der Waals surface area (Å²) in [5.41, 5.74) is 1.09. The summed E-state index contributed by atoms with van der Waals surface area (Å²) in [5.74, 6) is 2.75. The molecule has 1 heterocycles. The smallest absolute Gasteiger partial charge is 0.118 e. The van der Waals surface area contributed by atoms with Crippen LogP contribution in [0.2, 0.25) is 0 Å². The Morgan fingerprint density at radius 3 is 2.78 bits per heavy atom. The second kappa shape index (κ2) is 7.98. The van der Waals surface area contributed by atoms with Gasteiger partial charge in [0, 0.05) is 13.1 Å². The molecule has 2 bridgehead atoms. The van der Waals surface area contributed by atoms with Crippen LogP contribution in [0.1, 0.15) is 37.7 Å². The summed E-state index contributed by atoms with van der Waals surface area (Å²) in [6, 6.07) is 7.90. The van der Waals surface area contributed by atoms with Crippen molar-refractivity contribution < 1.29 is 9.84 Å². The Bertz CT molecular complexity index is 511. The number of hydrogen-bond acceptors (Lipinski definition) is 3. The Hall–Kier alpha value is -1.32. The van der Waals surface area contributed by atoms with E-state index in [0.29, 0.717) is 0 Å². The highest BCUT2D eigenvalue weighted by Gasteiger charge is 2.29. The zero-order chi connectivity index (χ0) is 16.1. The van der Waals surface area contributed by atoms with Crippen molar-refractivity contribution in [1.29, 1.82) is 0 Å². The van der Waals surface area contributed by atoms with E-state index in [2.05, 4.69) is 4.90 Å². The fourth-order valence-corrected chi connectivity index (χ4v) is 3.98. The Balaban J connectivity index is 1.43. The first-order valence-corrected chi connectivity index (χ1v) is 8.95. The number of methoxy groups -OCH3 is 1. The third-order valence-electron chi connectivity index (χ3n) is 5.39. The number of benzene rings is 1. The van der Waals surface area contributed by atoms with E-state index in [-0.39, 0.29) is 6.10 Å². The van der Waals surface area contributed by atoms with Crippen LogP contribution in [-0.2, 0) is 0 Å². The SMILES string of the molecule is COc1ccc(/C=C\[C@H](O)CCN2CC[C@@H]3CC[C@@H](C3)C2)cc1. The first-order chi connectivity index (χ1) is 11.2. The van der Waals surface area contributed by atoms with E-state index in [0.717, 1.165) is 36.1 Å². The second-order valence-corrected chi connectivity index (χ2v) is 7.12. The third-order valence-corrected chi connectivity index (χ3v) is 5.39. The van der Waals surface area contributed by atoms with Crippen LogP contribution in [0, 0.1) is 11.8 Å². The molecular formula is C20H29NO2. The van der Waals surface area contributed by atoms with Crippen LogP contribution >= 0.6 is 0 Å². The molecule has 1 aliphatic heterocycles. The van der Waals surface area contributed by atoms with E-state index < -0.39 is 0 Å². The van der Waals surface area contributed by atoms with Crippen LogP contribution in [-0.4, -0.2) is 42.9 Å². The van der Waals surface area contributed by atoms with Crippen molar-refractivity contribution in [3.8, 4) is 5.75 Å². The first kappa shape index (κ1) is 16.5. The number of nitrogens with zero attached hydrogens (tertiary/aromatic N) is 1. The number of aliphatic hydroxyl groups excluding tert-OH is 1. The van der Waals surface area contributed by atoms with Crippen molar-refractivity contribution in [2.45, 2.75) is 38.2 Å². The fourth-order valence-electron chi connectivity index (χ4n) is 3.98. The molecule has 1 aliphatic carbocycles. The maximum atomic E-state index is 10.2. The molecule has 3 heteroatoms. The molecule has 126 valence electrons. The summed E-state index contributed by atoms with van der Waals surface area (Å²) in [6.45, 7) is 3.47. The molecule has 0 aromatic heterocycles. The molecule has 0 spiro atoms. The fraction of sp³-hybridized carbons (Fsp3) is 0.600. The Labute approximate surface area is 140 Å². The average Bonchev–Trinajstić information content (AvgIpc) is 2.92. The van der Waals surface area contributed by atoms with Gasteiger partial charge in [-0.3, -0.25) is 0 Å². The van der Waals surface area contributed by atoms with Crippen molar-refractivity contribution >= 4 is 6.08 Å². The van der Waals surface area contributed by atoms with Crippen LogP contribution in [0.3, 0.4) is 0 Å². The molecule has 0 amide bonds. The number of ether oxygens (including phenoxy) is 1. The maximum Gasteiger partial charge on any atom is 0.118 e. The Morgan fingerprint density at radius 1 is 1.22 bits per heavy atom. The Kier molecular flexibility index (Phi) is 5.74. The number of aliphatic hydroxyl groups is 1. The van der Waals surface area contributed by atoms with Crippen LogP contribution in [0.25, 0.3) is 6.08 Å². The van der Waals surface area contributed by atoms with E-state index >= 15 is 0 Å². The van der Waals surface area contributed by atoms with Crippen LogP contribution in [0.15, 0.2) is 30.3 Å². The minimum Gasteiger partial charge on any atom is -0.497 e. The van der Waals surface area contributed by atoms with Gasteiger partial charge in [0.05, 0.1) is 13.2 Å². The minimum absolute atomic E-state index is 0.363. The van der Waals surface area contributed by atoms with Crippen LogP contribution in [0.4, 0.5) is 0 Å². The largest absolute Gasteiger partial charge is 0.497 e. The number of hydrogen-bond donors (Lipinski definition) is 1. The lowest BCUT2D eigenvalue weighted by molar-refractivity contribution is 0.168. The van der Waals surface area contributed by atoms with Crippen molar-refractivity contribution in [1.82, 2.24) is 4.90 Å². The summed E-state index contributed by atoms with van der Waals surface area (Å²) in [6.07, 6.45) is 10.0. The molecule has 1 aromatic carbocycles. The highest BCUT2D eigenvalue weighted by Crippen LogP contribution is 2.36. The van der Waals surface area contributed by atoms with Crippen LogP contribution < -0.4 is 4.74 Å². The summed E-state index contributed by atoms with van der Waals surface area (Å²) in [7, 11) is 1.67. The predicted octanol–water partition coefficient (Wildman–Crippen LogP) is 3.58. The lowest BCUT2D eigenvalue weighted by atomic mass is 10.0. The number of rotatable bonds is 6. The third kappa shape index (κ3) is 4.82. The van der Waals surface area contributed by atoms with Gasteiger partial charge in [0.15, 0.2) is 0 Å². The monoisotopic (exact) mass is 315 g/mol. The molecule has 23 heavy (non-hydrogen) atoms. The van der Waals surface area contributed by atoms with Gasteiger partial charge in [-0.25, -0.2) is 0 Å². The molecule has 1 N–H and O–H groups in total. The highest BCUT2D eigenvalue weighted by atomic mass is 16.5. The van der Waals surface area contributed by atoms with Gasteiger partial charge >= 0.3 is 0 Å². The topological polar surface area (TPSA) is 32.7 Å². The van der Waals surface area contributed by atoms with E-state index in [9.17, 15) is 5.11 Å². The highest BCUT2D eigenvalue weighted by molar-refractivity contribution is 5.51. The molecule has 0 radical (unpaired) electrons. The molecular weight excluding hydrogens is 286 g/mol. The van der Waals surface area contributed by atoms with Gasteiger partial charge in [0.1, 0.15) is 5.75 Å². The summed E-state index contributed by atoms with van der Waals surface area (Å²) in [5, 5.41) is 10.2. The van der Waals surface area contributed by atoms with E-state index in [1.807, 2.05) is 36.4 Å². The molecule has 2 aliphatic rings. The maximum absolute atomic E-state index is 10.2. The van der Waals surface area contributed by atoms with Gasteiger partial charge in [-0.05, 0) is 61.8 Å². The van der Waals surface area contributed by atoms with Crippen LogP contribution in [0.5, 0.6) is 5.75 Å². The molecule has 2 fully saturated rings.